The predicted octanol–water partition coefficient (Wildman–Crippen LogP) is 5.47. The van der Waals surface area contributed by atoms with E-state index in [9.17, 15) is 18.0 Å². The van der Waals surface area contributed by atoms with Gasteiger partial charge in [0.05, 0.1) is 18.6 Å². The quantitative estimate of drug-likeness (QED) is 0.630. The van der Waals surface area contributed by atoms with Crippen LogP contribution in [0.25, 0.3) is 6.08 Å². The summed E-state index contributed by atoms with van der Waals surface area (Å²) in [5, 5.41) is 2.85. The number of rotatable bonds is 7. The predicted molar refractivity (Wildman–Crippen MR) is 114 cm³/mol. The van der Waals surface area contributed by atoms with Crippen molar-refractivity contribution in [1.82, 2.24) is 9.88 Å². The Balaban J connectivity index is 1.53. The molecule has 1 saturated heterocycles. The number of ether oxygens (including phenoxy) is 1. The lowest BCUT2D eigenvalue weighted by Gasteiger charge is -2.28. The Hall–Kier alpha value is -3.03. The van der Waals surface area contributed by atoms with Gasteiger partial charge in [-0.05, 0) is 49.6 Å². The highest BCUT2D eigenvalue weighted by atomic mass is 19.2. The van der Waals surface area contributed by atoms with Crippen LogP contribution in [0.15, 0.2) is 48.2 Å². The minimum absolute atomic E-state index is 0.164. The molecule has 5 nitrogen and oxygen atoms in total. The Morgan fingerprint density at radius 2 is 2.03 bits per heavy atom. The second-order valence-corrected chi connectivity index (χ2v) is 7.44. The first-order chi connectivity index (χ1) is 14.9. The van der Waals surface area contributed by atoms with Gasteiger partial charge in [-0.15, -0.1) is 0 Å². The Morgan fingerprint density at radius 1 is 1.26 bits per heavy atom. The fourth-order valence-corrected chi connectivity index (χ4v) is 3.24. The number of nitrogens with zero attached hydrogens (tertiary/aromatic N) is 2. The van der Waals surface area contributed by atoms with Gasteiger partial charge < -0.3 is 15.0 Å². The molecule has 1 aliphatic rings. The van der Waals surface area contributed by atoms with Crippen molar-refractivity contribution in [3.8, 4) is 5.75 Å². The number of carbonyl (C=O) groups is 1. The van der Waals surface area contributed by atoms with Crippen LogP contribution in [0.1, 0.15) is 30.5 Å². The summed E-state index contributed by atoms with van der Waals surface area (Å²) < 4.78 is 44.3. The van der Waals surface area contributed by atoms with Gasteiger partial charge >= 0.3 is 6.03 Å². The SMILES string of the molecule is Cc1ccc(NC(=O)N2CCC(=Cc3cccc(OC(F)C(F)CCF)c3)CC2)cn1. The van der Waals surface area contributed by atoms with E-state index in [0.717, 1.165) is 16.8 Å². The average molecular weight is 433 g/mol. The minimum atomic E-state index is -2.20. The maximum atomic E-state index is 13.7. The molecule has 1 fully saturated rings. The van der Waals surface area contributed by atoms with E-state index in [0.29, 0.717) is 31.6 Å². The molecule has 2 aromatic rings. The van der Waals surface area contributed by atoms with Crippen LogP contribution in [0.4, 0.5) is 23.7 Å². The number of likely N-dealkylation sites (tertiary alicyclic amines) is 1. The molecule has 0 aliphatic carbocycles. The Morgan fingerprint density at radius 3 is 2.71 bits per heavy atom. The largest absolute Gasteiger partial charge is 0.457 e. The van der Waals surface area contributed by atoms with Crippen LogP contribution < -0.4 is 10.1 Å². The van der Waals surface area contributed by atoms with Gasteiger partial charge in [-0.2, -0.15) is 4.39 Å². The van der Waals surface area contributed by atoms with Gasteiger partial charge in [-0.1, -0.05) is 23.8 Å². The summed E-state index contributed by atoms with van der Waals surface area (Å²) in [6.07, 6.45) is 0.270. The van der Waals surface area contributed by atoms with Crippen molar-refractivity contribution in [2.75, 3.05) is 25.1 Å². The smallest absolute Gasteiger partial charge is 0.321 e. The molecule has 1 aromatic heterocycles. The molecule has 1 N–H and O–H groups in total. The van der Waals surface area contributed by atoms with Gasteiger partial charge in [-0.25, -0.2) is 9.18 Å². The number of piperidine rings is 1. The zero-order valence-corrected chi connectivity index (χ0v) is 17.4. The number of aryl methyl sites for hydroxylation is 1. The summed E-state index contributed by atoms with van der Waals surface area (Å²) in [7, 11) is 0. The number of carbonyl (C=O) groups excluding carboxylic acids is 1. The van der Waals surface area contributed by atoms with Gasteiger partial charge in [0.25, 0.3) is 6.36 Å². The van der Waals surface area contributed by atoms with Crippen LogP contribution in [0.5, 0.6) is 5.75 Å². The highest BCUT2D eigenvalue weighted by Crippen LogP contribution is 2.24. The van der Waals surface area contributed by atoms with Crippen molar-refractivity contribution in [3.63, 3.8) is 0 Å². The van der Waals surface area contributed by atoms with Gasteiger partial charge in [0.2, 0.25) is 0 Å². The number of amides is 2. The first-order valence-corrected chi connectivity index (χ1v) is 10.2. The van der Waals surface area contributed by atoms with Crippen LogP contribution in [-0.2, 0) is 0 Å². The van der Waals surface area contributed by atoms with Crippen LogP contribution in [0, 0.1) is 6.92 Å². The molecule has 166 valence electrons. The van der Waals surface area contributed by atoms with Gasteiger partial charge in [0.1, 0.15) is 5.75 Å². The second-order valence-electron chi connectivity index (χ2n) is 7.44. The molecule has 2 heterocycles. The second kappa shape index (κ2) is 10.8. The van der Waals surface area contributed by atoms with Crippen molar-refractivity contribution in [1.29, 1.82) is 0 Å². The summed E-state index contributed by atoms with van der Waals surface area (Å²) >= 11 is 0. The summed E-state index contributed by atoms with van der Waals surface area (Å²) in [4.78, 5) is 18.3. The minimum Gasteiger partial charge on any atom is -0.457 e. The van der Waals surface area contributed by atoms with E-state index in [-0.39, 0.29) is 11.8 Å². The number of halogens is 3. The molecule has 0 saturated carbocycles. The monoisotopic (exact) mass is 433 g/mol. The third kappa shape index (κ3) is 6.73. The highest BCUT2D eigenvalue weighted by Gasteiger charge is 2.22. The van der Waals surface area contributed by atoms with Gasteiger partial charge in [-0.3, -0.25) is 9.37 Å². The molecule has 0 bridgehead atoms. The zero-order valence-electron chi connectivity index (χ0n) is 17.4. The highest BCUT2D eigenvalue weighted by molar-refractivity contribution is 5.89. The first kappa shape index (κ1) is 22.7. The van der Waals surface area contributed by atoms with Crippen molar-refractivity contribution in [3.05, 3.63) is 59.4 Å². The molecule has 31 heavy (non-hydrogen) atoms. The molecule has 1 aromatic carbocycles. The summed E-state index contributed by atoms with van der Waals surface area (Å²) in [6, 6.07) is 10.2. The van der Waals surface area contributed by atoms with Crippen molar-refractivity contribution in [2.24, 2.45) is 0 Å². The molecule has 8 heteroatoms. The number of pyridine rings is 1. The van der Waals surface area contributed by atoms with Crippen LogP contribution in [-0.4, -0.2) is 48.2 Å². The number of urea groups is 1. The Bertz CT molecular complexity index is 895. The molecule has 2 unspecified atom stereocenters. The number of nitrogens with one attached hydrogen (secondary N) is 1. The zero-order chi connectivity index (χ0) is 22.2. The molecule has 0 radical (unpaired) electrons. The first-order valence-electron chi connectivity index (χ1n) is 10.2. The average Bonchev–Trinajstić information content (AvgIpc) is 2.76. The molecule has 2 atom stereocenters. The standard InChI is InChI=1S/C23H26F3N3O2/c1-16-5-6-19(15-27-16)28-23(30)29-11-8-17(9-12-29)13-18-3-2-4-20(14-18)31-22(26)21(25)7-10-24/h2-6,13-15,21-22H,7-12H2,1H3,(H,28,30). The third-order valence-electron chi connectivity index (χ3n) is 5.00. The van der Waals surface area contributed by atoms with Crippen LogP contribution >= 0.6 is 0 Å². The fourth-order valence-electron chi connectivity index (χ4n) is 3.24. The van der Waals surface area contributed by atoms with E-state index in [4.69, 9.17) is 4.74 Å². The summed E-state index contributed by atoms with van der Waals surface area (Å²) in [6.45, 7) is 2.10. The Labute approximate surface area is 179 Å². The van der Waals surface area contributed by atoms with E-state index in [1.165, 1.54) is 6.07 Å². The molecular weight excluding hydrogens is 407 g/mol. The fraction of sp³-hybridized carbons (Fsp3) is 0.391. The number of alkyl halides is 3. The number of anilines is 1. The normalized spacial score (nSPS) is 15.9. The molecular formula is C23H26F3N3O2. The molecule has 0 spiro atoms. The maximum Gasteiger partial charge on any atom is 0.321 e. The topological polar surface area (TPSA) is 54.5 Å². The van der Waals surface area contributed by atoms with Crippen molar-refractivity contribution in [2.45, 2.75) is 38.7 Å². The van der Waals surface area contributed by atoms with Crippen molar-refractivity contribution < 1.29 is 22.7 Å². The van der Waals surface area contributed by atoms with Gasteiger partial charge in [0, 0.05) is 25.2 Å². The summed E-state index contributed by atoms with van der Waals surface area (Å²) in [5.41, 5.74) is 3.48. The Kier molecular flexibility index (Phi) is 7.92. The molecule has 2 amide bonds. The number of hydrogen-bond acceptors (Lipinski definition) is 3. The number of aromatic nitrogens is 1. The van der Waals surface area contributed by atoms with E-state index in [1.54, 1.807) is 23.2 Å². The number of hydrogen-bond donors (Lipinski definition) is 1. The van der Waals surface area contributed by atoms with Crippen molar-refractivity contribution >= 4 is 17.8 Å². The lowest BCUT2D eigenvalue weighted by Crippen LogP contribution is -2.39. The number of benzene rings is 1. The van der Waals surface area contributed by atoms with E-state index in [1.807, 2.05) is 31.2 Å². The lowest BCUT2D eigenvalue weighted by atomic mass is 10.0. The van der Waals surface area contributed by atoms with E-state index >= 15 is 0 Å². The molecule has 1 aliphatic heterocycles. The maximum absolute atomic E-state index is 13.7. The van der Waals surface area contributed by atoms with Crippen LogP contribution in [0.2, 0.25) is 0 Å². The molecule has 3 rings (SSSR count). The van der Waals surface area contributed by atoms with E-state index < -0.39 is 25.6 Å². The van der Waals surface area contributed by atoms with E-state index in [2.05, 4.69) is 10.3 Å². The van der Waals surface area contributed by atoms with Gasteiger partial charge in [0.15, 0.2) is 6.17 Å². The summed E-state index contributed by atoms with van der Waals surface area (Å²) in [5.74, 6) is 0.187. The lowest BCUT2D eigenvalue weighted by molar-refractivity contribution is -0.0111. The van der Waals surface area contributed by atoms with Crippen LogP contribution in [0.3, 0.4) is 0 Å². The third-order valence-corrected chi connectivity index (χ3v) is 5.00.